The van der Waals surface area contributed by atoms with Gasteiger partial charge in [0.05, 0.1) is 19.6 Å². The van der Waals surface area contributed by atoms with Crippen LogP contribution in [0, 0.1) is 0 Å². The quantitative estimate of drug-likeness (QED) is 0.480. The fourth-order valence-electron chi connectivity index (χ4n) is 4.79. The van der Waals surface area contributed by atoms with E-state index in [1.54, 1.807) is 4.90 Å². The highest BCUT2D eigenvalue weighted by molar-refractivity contribution is 7.99. The van der Waals surface area contributed by atoms with E-state index in [1.807, 2.05) is 11.8 Å². The zero-order valence-corrected chi connectivity index (χ0v) is 17.6. The van der Waals surface area contributed by atoms with Crippen LogP contribution in [-0.2, 0) is 0 Å². The second-order valence-corrected chi connectivity index (χ2v) is 9.27. The highest BCUT2D eigenvalue weighted by Crippen LogP contribution is 2.45. The number of likely N-dealkylation sites (tertiary alicyclic amines) is 1. The van der Waals surface area contributed by atoms with Gasteiger partial charge in [0, 0.05) is 29.1 Å². The predicted molar refractivity (Wildman–Crippen MR) is 123 cm³/mol. The van der Waals surface area contributed by atoms with Crippen molar-refractivity contribution in [2.75, 3.05) is 19.6 Å². The van der Waals surface area contributed by atoms with Gasteiger partial charge in [0.2, 0.25) is 0 Å². The molecule has 2 heterocycles. The second-order valence-electron chi connectivity index (χ2n) is 8.19. The van der Waals surface area contributed by atoms with Crippen molar-refractivity contribution in [2.45, 2.75) is 35.0 Å². The van der Waals surface area contributed by atoms with E-state index in [1.165, 1.54) is 64.5 Å². The molecule has 29 heavy (non-hydrogen) atoms. The summed E-state index contributed by atoms with van der Waals surface area (Å²) in [5, 5.41) is 0. The number of benzene rings is 3. The first kappa shape index (κ1) is 18.7. The molecule has 1 N–H and O–H groups in total. The first-order valence-corrected chi connectivity index (χ1v) is 11.7. The maximum Gasteiger partial charge on any atom is 0.0806 e. The standard InChI is InChI=1S/C27H27NS/c1-2-9-21(10-3-1)22-16-19-28(20-17-22)18-8-13-23-24-11-4-6-14-26(24)29-27-15-7-5-12-25(23)27/h1-7,9-15,22H,8,16-20H2/p+1. The number of rotatable bonds is 4. The summed E-state index contributed by atoms with van der Waals surface area (Å²) in [6.45, 7) is 3.83. The van der Waals surface area contributed by atoms with E-state index < -0.39 is 0 Å². The minimum absolute atomic E-state index is 0.757. The number of piperidine rings is 1. The van der Waals surface area contributed by atoms with E-state index >= 15 is 0 Å². The number of nitrogens with one attached hydrogen (secondary N) is 1. The van der Waals surface area contributed by atoms with Gasteiger partial charge in [0.1, 0.15) is 0 Å². The van der Waals surface area contributed by atoms with Gasteiger partial charge in [0.15, 0.2) is 0 Å². The van der Waals surface area contributed by atoms with Crippen molar-refractivity contribution >= 4 is 17.3 Å². The highest BCUT2D eigenvalue weighted by Gasteiger charge is 2.23. The van der Waals surface area contributed by atoms with Crippen LogP contribution in [0.15, 0.2) is 94.7 Å². The summed E-state index contributed by atoms with van der Waals surface area (Å²) in [7, 11) is 0. The maximum absolute atomic E-state index is 2.49. The first-order valence-electron chi connectivity index (χ1n) is 10.8. The molecule has 0 amide bonds. The third-order valence-corrected chi connectivity index (χ3v) is 7.54. The predicted octanol–water partition coefficient (Wildman–Crippen LogP) is 5.44. The van der Waals surface area contributed by atoms with Crippen LogP contribution in [0.4, 0.5) is 0 Å². The topological polar surface area (TPSA) is 4.44 Å². The Morgan fingerprint density at radius 2 is 1.34 bits per heavy atom. The molecule has 0 spiro atoms. The minimum atomic E-state index is 0.757. The van der Waals surface area contributed by atoms with Gasteiger partial charge in [-0.15, -0.1) is 0 Å². The molecule has 146 valence electrons. The number of quaternary nitrogens is 1. The number of fused-ring (bicyclic) bond motifs is 2. The molecule has 5 rings (SSSR count). The summed E-state index contributed by atoms with van der Waals surface area (Å²) >= 11 is 1.90. The molecule has 0 atom stereocenters. The van der Waals surface area contributed by atoms with E-state index in [9.17, 15) is 0 Å². The van der Waals surface area contributed by atoms with Gasteiger partial charge in [0.25, 0.3) is 0 Å². The Morgan fingerprint density at radius 3 is 2.00 bits per heavy atom. The van der Waals surface area contributed by atoms with Crippen LogP contribution in [0.2, 0.25) is 0 Å². The van der Waals surface area contributed by atoms with E-state index in [-0.39, 0.29) is 0 Å². The normalized spacial score (nSPS) is 20.6. The molecule has 2 heteroatoms. The van der Waals surface area contributed by atoms with Crippen molar-refractivity contribution < 1.29 is 4.90 Å². The molecule has 0 radical (unpaired) electrons. The van der Waals surface area contributed by atoms with E-state index in [0.29, 0.717) is 0 Å². The Bertz CT molecular complexity index is 952. The zero-order chi connectivity index (χ0) is 19.5. The molecule has 3 aromatic carbocycles. The van der Waals surface area contributed by atoms with Gasteiger partial charge in [-0.25, -0.2) is 0 Å². The molecule has 0 aromatic heterocycles. The molecule has 0 aliphatic carbocycles. The molecule has 2 aliphatic rings. The van der Waals surface area contributed by atoms with Crippen molar-refractivity contribution in [1.82, 2.24) is 0 Å². The minimum Gasteiger partial charge on any atom is -0.335 e. The van der Waals surface area contributed by atoms with E-state index in [0.717, 1.165) is 12.3 Å². The Balaban J connectivity index is 1.26. The fourth-order valence-corrected chi connectivity index (χ4v) is 5.90. The molecule has 0 unspecified atom stereocenters. The van der Waals surface area contributed by atoms with E-state index in [4.69, 9.17) is 0 Å². The lowest BCUT2D eigenvalue weighted by molar-refractivity contribution is -0.905. The largest absolute Gasteiger partial charge is 0.335 e. The van der Waals surface area contributed by atoms with Gasteiger partial charge < -0.3 is 4.90 Å². The number of hydrogen-bond acceptors (Lipinski definition) is 1. The molecule has 2 aliphatic heterocycles. The lowest BCUT2D eigenvalue weighted by Gasteiger charge is -2.29. The summed E-state index contributed by atoms with van der Waals surface area (Å²) in [5.41, 5.74) is 5.75. The molecule has 0 bridgehead atoms. The van der Waals surface area contributed by atoms with Gasteiger partial charge in [-0.1, -0.05) is 84.6 Å². The molecular weight excluding hydrogens is 370 g/mol. The molecular formula is C27H28NS+. The fraction of sp³-hybridized carbons (Fsp3) is 0.259. The van der Waals surface area contributed by atoms with E-state index in [2.05, 4.69) is 84.9 Å². The molecule has 3 aromatic rings. The molecule has 1 saturated heterocycles. The second kappa shape index (κ2) is 8.61. The van der Waals surface area contributed by atoms with Crippen molar-refractivity contribution in [3.05, 3.63) is 102 Å². The lowest BCUT2D eigenvalue weighted by Crippen LogP contribution is -3.13. The summed E-state index contributed by atoms with van der Waals surface area (Å²) < 4.78 is 0. The van der Waals surface area contributed by atoms with Gasteiger partial charge in [-0.2, -0.15) is 0 Å². The van der Waals surface area contributed by atoms with Crippen molar-refractivity contribution in [3.8, 4) is 0 Å². The zero-order valence-electron chi connectivity index (χ0n) is 16.8. The smallest absolute Gasteiger partial charge is 0.0806 e. The molecule has 1 fully saturated rings. The summed E-state index contributed by atoms with van der Waals surface area (Å²) in [4.78, 5) is 4.53. The van der Waals surface area contributed by atoms with Crippen LogP contribution in [-0.4, -0.2) is 19.6 Å². The van der Waals surface area contributed by atoms with Crippen LogP contribution in [0.3, 0.4) is 0 Å². The number of hydrogen-bond donors (Lipinski definition) is 1. The van der Waals surface area contributed by atoms with Crippen molar-refractivity contribution in [1.29, 1.82) is 0 Å². The first-order chi connectivity index (χ1) is 14.4. The Labute approximate surface area is 178 Å². The average Bonchev–Trinajstić information content (AvgIpc) is 2.79. The third-order valence-electron chi connectivity index (χ3n) is 6.38. The summed E-state index contributed by atoms with van der Waals surface area (Å²) in [6, 6.07) is 28.8. The SMILES string of the molecule is C(CC[NH+]1CCC(c2ccccc2)CC1)=C1c2ccccc2Sc2ccccc21. The van der Waals surface area contributed by atoms with Gasteiger partial charge in [-0.05, 0) is 40.3 Å². The van der Waals surface area contributed by atoms with Crippen LogP contribution < -0.4 is 4.90 Å². The Hall–Kier alpha value is -2.29. The molecule has 0 saturated carbocycles. The highest BCUT2D eigenvalue weighted by atomic mass is 32.2. The average molecular weight is 399 g/mol. The lowest BCUT2D eigenvalue weighted by atomic mass is 9.89. The molecule has 1 nitrogen and oxygen atoms in total. The van der Waals surface area contributed by atoms with Crippen LogP contribution in [0.25, 0.3) is 5.57 Å². The van der Waals surface area contributed by atoms with Gasteiger partial charge >= 0.3 is 0 Å². The monoisotopic (exact) mass is 398 g/mol. The third kappa shape index (κ3) is 4.05. The van der Waals surface area contributed by atoms with Crippen LogP contribution in [0.1, 0.15) is 41.9 Å². The maximum atomic E-state index is 2.49. The van der Waals surface area contributed by atoms with Crippen LogP contribution >= 0.6 is 11.8 Å². The van der Waals surface area contributed by atoms with Crippen molar-refractivity contribution in [3.63, 3.8) is 0 Å². The van der Waals surface area contributed by atoms with Gasteiger partial charge in [-0.3, -0.25) is 0 Å². The Morgan fingerprint density at radius 1 is 0.759 bits per heavy atom. The van der Waals surface area contributed by atoms with Crippen LogP contribution in [0.5, 0.6) is 0 Å². The Kier molecular flexibility index (Phi) is 5.56. The summed E-state index contributed by atoms with van der Waals surface area (Å²) in [6.07, 6.45) is 6.28. The van der Waals surface area contributed by atoms with Crippen molar-refractivity contribution in [2.24, 2.45) is 0 Å². The summed E-state index contributed by atoms with van der Waals surface area (Å²) in [5.74, 6) is 0.757.